The van der Waals surface area contributed by atoms with Gasteiger partial charge in [-0.3, -0.25) is 0 Å². The van der Waals surface area contributed by atoms with Crippen LogP contribution < -0.4 is 4.90 Å². The lowest BCUT2D eigenvalue weighted by Gasteiger charge is -2.57. The zero-order valence-electron chi connectivity index (χ0n) is 33.6. The zero-order chi connectivity index (χ0) is 39.2. The van der Waals surface area contributed by atoms with Gasteiger partial charge in [-0.25, -0.2) is 0 Å². The molecule has 0 spiro atoms. The topological polar surface area (TPSA) is 3.24 Å². The minimum atomic E-state index is 0.376. The van der Waals surface area contributed by atoms with Crippen molar-refractivity contribution in [1.29, 1.82) is 0 Å². The Kier molecular flexibility index (Phi) is 9.11. The molecule has 0 aliphatic heterocycles. The first-order chi connectivity index (χ1) is 29.2. The average Bonchev–Trinajstić information content (AvgIpc) is 3.30. The number of hydrogen-bond acceptors (Lipinski definition) is 1. The normalized spacial score (nSPS) is 20.4. The summed E-state index contributed by atoms with van der Waals surface area (Å²) < 4.78 is 0. The highest BCUT2D eigenvalue weighted by Gasteiger charge is 2.51. The van der Waals surface area contributed by atoms with Gasteiger partial charge in [0.2, 0.25) is 0 Å². The second-order valence-corrected chi connectivity index (χ2v) is 17.6. The summed E-state index contributed by atoms with van der Waals surface area (Å²) in [5, 5.41) is 0. The van der Waals surface area contributed by atoms with Crippen molar-refractivity contribution >= 4 is 17.1 Å². The fourth-order valence-electron chi connectivity index (χ4n) is 11.5. The smallest absolute Gasteiger partial charge is 0.0546 e. The molecule has 4 aliphatic carbocycles. The molecule has 12 rings (SSSR count). The van der Waals surface area contributed by atoms with Gasteiger partial charge < -0.3 is 4.90 Å². The van der Waals surface area contributed by atoms with E-state index in [1.807, 2.05) is 0 Å². The SMILES string of the molecule is c1ccc(-c2ccc(N(c3ccc(-c4ccccc4)cc3)c3cc(-c4ccccc4)c(-c4ccc(C56CC7CC(CC(C7)C5)C6)cc4)cc3-c3ccccc3)cc2)cc1. The van der Waals surface area contributed by atoms with E-state index in [1.54, 1.807) is 5.56 Å². The van der Waals surface area contributed by atoms with E-state index in [-0.39, 0.29) is 0 Å². The summed E-state index contributed by atoms with van der Waals surface area (Å²) in [7, 11) is 0. The van der Waals surface area contributed by atoms with Gasteiger partial charge in [-0.15, -0.1) is 0 Å². The molecule has 4 bridgehead atoms. The van der Waals surface area contributed by atoms with E-state index in [2.05, 4.69) is 211 Å². The fourth-order valence-corrected chi connectivity index (χ4v) is 11.5. The third-order valence-electron chi connectivity index (χ3n) is 13.9. The van der Waals surface area contributed by atoms with Crippen LogP contribution in [0.1, 0.15) is 44.1 Å². The number of nitrogens with zero attached hydrogens (tertiary/aromatic N) is 1. The third-order valence-corrected chi connectivity index (χ3v) is 13.9. The quantitative estimate of drug-likeness (QED) is 0.142. The maximum Gasteiger partial charge on any atom is 0.0546 e. The standard InChI is InChI=1S/C58H49N/c1-5-13-44(14-6-1)46-23-29-52(30-24-46)59(53-31-25-47(26-32-53)45-15-7-2-8-16-45)57-37-55(48-17-9-3-10-18-48)54(36-56(57)49-19-11-4-12-20-49)50-21-27-51(28-22-50)58-38-41-33-42(39-58)35-43(34-41)40-58/h1-32,36-37,41-43H,33-35,38-40H2. The number of anilines is 3. The molecular formula is C58H49N. The van der Waals surface area contributed by atoms with Crippen molar-refractivity contribution in [3.8, 4) is 55.6 Å². The lowest BCUT2D eigenvalue weighted by atomic mass is 9.48. The van der Waals surface area contributed by atoms with Gasteiger partial charge in [0, 0.05) is 16.9 Å². The Hall–Kier alpha value is -6.44. The minimum Gasteiger partial charge on any atom is -0.310 e. The van der Waals surface area contributed by atoms with Gasteiger partial charge >= 0.3 is 0 Å². The molecule has 59 heavy (non-hydrogen) atoms. The van der Waals surface area contributed by atoms with Crippen LogP contribution in [0.15, 0.2) is 206 Å². The summed E-state index contributed by atoms with van der Waals surface area (Å²) in [6, 6.07) is 76.3. The molecule has 0 atom stereocenters. The lowest BCUT2D eigenvalue weighted by Crippen LogP contribution is -2.48. The van der Waals surface area contributed by atoms with Gasteiger partial charge in [0.25, 0.3) is 0 Å². The summed E-state index contributed by atoms with van der Waals surface area (Å²) in [6.07, 6.45) is 8.56. The van der Waals surface area contributed by atoms with Gasteiger partial charge in [0.15, 0.2) is 0 Å². The van der Waals surface area contributed by atoms with Crippen LogP contribution >= 0.6 is 0 Å². The molecule has 8 aromatic carbocycles. The van der Waals surface area contributed by atoms with Crippen molar-refractivity contribution in [3.05, 3.63) is 212 Å². The highest BCUT2D eigenvalue weighted by atomic mass is 15.1. The first kappa shape index (κ1) is 35.7. The van der Waals surface area contributed by atoms with E-state index in [1.165, 1.54) is 94.2 Å². The molecule has 0 radical (unpaired) electrons. The first-order valence-electron chi connectivity index (χ1n) is 21.7. The molecular weight excluding hydrogens is 711 g/mol. The maximum absolute atomic E-state index is 2.50. The summed E-state index contributed by atoms with van der Waals surface area (Å²) in [5.41, 5.74) is 17.5. The van der Waals surface area contributed by atoms with E-state index < -0.39 is 0 Å². The molecule has 4 fully saturated rings. The Bertz CT molecular complexity index is 2560. The van der Waals surface area contributed by atoms with Gasteiger partial charge in [-0.1, -0.05) is 170 Å². The van der Waals surface area contributed by atoms with E-state index >= 15 is 0 Å². The van der Waals surface area contributed by atoms with Crippen LogP contribution in [-0.4, -0.2) is 0 Å². The van der Waals surface area contributed by atoms with Crippen molar-refractivity contribution in [1.82, 2.24) is 0 Å². The number of hydrogen-bond donors (Lipinski definition) is 0. The van der Waals surface area contributed by atoms with Crippen LogP contribution in [0.2, 0.25) is 0 Å². The molecule has 0 unspecified atom stereocenters. The Morgan fingerprint density at radius 1 is 0.322 bits per heavy atom. The van der Waals surface area contributed by atoms with Gasteiger partial charge in [-0.05, 0) is 154 Å². The molecule has 1 heteroatoms. The van der Waals surface area contributed by atoms with Crippen molar-refractivity contribution in [3.63, 3.8) is 0 Å². The van der Waals surface area contributed by atoms with Crippen LogP contribution in [0, 0.1) is 17.8 Å². The van der Waals surface area contributed by atoms with E-state index in [9.17, 15) is 0 Å². The third kappa shape index (κ3) is 6.79. The predicted molar refractivity (Wildman–Crippen MR) is 248 cm³/mol. The van der Waals surface area contributed by atoms with E-state index in [4.69, 9.17) is 0 Å². The van der Waals surface area contributed by atoms with Crippen molar-refractivity contribution < 1.29 is 0 Å². The van der Waals surface area contributed by atoms with Crippen LogP contribution in [0.4, 0.5) is 17.1 Å². The molecule has 0 amide bonds. The molecule has 1 nitrogen and oxygen atoms in total. The Labute approximate surface area is 349 Å². The summed E-state index contributed by atoms with van der Waals surface area (Å²) in [5.74, 6) is 2.79. The van der Waals surface area contributed by atoms with Gasteiger partial charge in [0.1, 0.15) is 0 Å². The molecule has 4 aliphatic rings. The van der Waals surface area contributed by atoms with Crippen LogP contribution in [0.3, 0.4) is 0 Å². The van der Waals surface area contributed by atoms with Gasteiger partial charge in [-0.2, -0.15) is 0 Å². The summed E-state index contributed by atoms with van der Waals surface area (Å²) in [6.45, 7) is 0. The summed E-state index contributed by atoms with van der Waals surface area (Å²) in [4.78, 5) is 2.46. The van der Waals surface area contributed by atoms with Crippen molar-refractivity contribution in [2.24, 2.45) is 17.8 Å². The Morgan fingerprint density at radius 2 is 0.661 bits per heavy atom. The Balaban J connectivity index is 1.09. The number of benzene rings is 8. The molecule has 286 valence electrons. The molecule has 8 aromatic rings. The largest absolute Gasteiger partial charge is 0.310 e. The average molecular weight is 760 g/mol. The second-order valence-electron chi connectivity index (χ2n) is 17.6. The maximum atomic E-state index is 2.50. The van der Waals surface area contributed by atoms with Crippen LogP contribution in [-0.2, 0) is 5.41 Å². The van der Waals surface area contributed by atoms with E-state index in [0.29, 0.717) is 5.41 Å². The van der Waals surface area contributed by atoms with Crippen molar-refractivity contribution in [2.45, 2.75) is 43.9 Å². The van der Waals surface area contributed by atoms with Crippen LogP contribution in [0.25, 0.3) is 55.6 Å². The predicted octanol–water partition coefficient (Wildman–Crippen LogP) is 16.0. The van der Waals surface area contributed by atoms with Gasteiger partial charge in [0.05, 0.1) is 5.69 Å². The highest BCUT2D eigenvalue weighted by Crippen LogP contribution is 2.61. The molecule has 0 saturated heterocycles. The highest BCUT2D eigenvalue weighted by molar-refractivity contribution is 5.97. The second kappa shape index (κ2) is 15.1. The Morgan fingerprint density at radius 3 is 1.10 bits per heavy atom. The van der Waals surface area contributed by atoms with E-state index in [0.717, 1.165) is 34.8 Å². The fraction of sp³-hybridized carbons (Fsp3) is 0.172. The molecule has 0 N–H and O–H groups in total. The lowest BCUT2D eigenvalue weighted by molar-refractivity contribution is -0.00518. The molecule has 0 heterocycles. The minimum absolute atomic E-state index is 0.376. The molecule has 0 aromatic heterocycles. The summed E-state index contributed by atoms with van der Waals surface area (Å²) >= 11 is 0. The first-order valence-corrected chi connectivity index (χ1v) is 21.7. The number of rotatable bonds is 9. The molecule has 4 saturated carbocycles. The zero-order valence-corrected chi connectivity index (χ0v) is 33.6. The monoisotopic (exact) mass is 759 g/mol. The van der Waals surface area contributed by atoms with Crippen LogP contribution in [0.5, 0.6) is 0 Å². The van der Waals surface area contributed by atoms with Crippen molar-refractivity contribution in [2.75, 3.05) is 4.90 Å².